The van der Waals surface area contributed by atoms with E-state index in [2.05, 4.69) is 20.6 Å². The number of carbonyl (C=O) groups is 1. The van der Waals surface area contributed by atoms with Gasteiger partial charge in [-0.2, -0.15) is 0 Å². The molecule has 2 aromatic carbocycles. The number of H-pyrrole nitrogens is 1. The highest BCUT2D eigenvalue weighted by Gasteiger charge is 2.06. The van der Waals surface area contributed by atoms with E-state index >= 15 is 0 Å². The lowest BCUT2D eigenvalue weighted by Gasteiger charge is -2.12. The number of nitrogens with zero attached hydrogens (tertiary/aromatic N) is 1. The number of carbonyl (C=O) groups excluding carboxylic acids is 1. The van der Waals surface area contributed by atoms with Crippen LogP contribution in [0.4, 0.5) is 4.39 Å². The molecule has 6 nitrogen and oxygen atoms in total. The largest absolute Gasteiger partial charge is 0.366 e. The molecule has 3 rings (SSSR count). The zero-order chi connectivity index (χ0) is 19.2. The van der Waals surface area contributed by atoms with E-state index in [0.717, 1.165) is 28.5 Å². The first-order valence-corrected chi connectivity index (χ1v) is 8.65. The molecule has 0 spiro atoms. The molecule has 0 aliphatic carbocycles. The fraction of sp³-hybridized carbons (Fsp3) is 0.200. The lowest BCUT2D eigenvalue weighted by atomic mass is 10.1. The number of halogens is 2. The zero-order valence-corrected chi connectivity index (χ0v) is 17.8. The molecule has 0 bridgehead atoms. The maximum Gasteiger partial charge on any atom is 0.248 e. The fourth-order valence-electron chi connectivity index (χ4n) is 2.87. The molecule has 0 aliphatic heterocycles. The van der Waals surface area contributed by atoms with Crippen molar-refractivity contribution in [2.24, 2.45) is 10.7 Å². The highest BCUT2D eigenvalue weighted by molar-refractivity contribution is 14.0. The van der Waals surface area contributed by atoms with Gasteiger partial charge in [0.15, 0.2) is 5.96 Å². The number of benzene rings is 2. The van der Waals surface area contributed by atoms with Gasteiger partial charge in [-0.15, -0.1) is 24.0 Å². The minimum absolute atomic E-state index is 0. The number of hydrogen-bond acceptors (Lipinski definition) is 2. The van der Waals surface area contributed by atoms with Crippen molar-refractivity contribution >= 4 is 46.7 Å². The van der Waals surface area contributed by atoms with Gasteiger partial charge in [-0.25, -0.2) is 4.39 Å². The summed E-state index contributed by atoms with van der Waals surface area (Å²) in [7, 11) is 1.70. The minimum atomic E-state index is -0.441. The van der Waals surface area contributed by atoms with Crippen LogP contribution in [-0.2, 0) is 13.0 Å². The highest BCUT2D eigenvalue weighted by atomic mass is 127. The number of fused-ring (bicyclic) bond motifs is 1. The molecule has 148 valence electrons. The Morgan fingerprint density at radius 2 is 1.93 bits per heavy atom. The van der Waals surface area contributed by atoms with Gasteiger partial charge in [-0.1, -0.05) is 12.1 Å². The van der Waals surface area contributed by atoms with Crippen molar-refractivity contribution in [1.29, 1.82) is 0 Å². The third-order valence-electron chi connectivity index (χ3n) is 4.34. The van der Waals surface area contributed by atoms with Crippen molar-refractivity contribution in [3.63, 3.8) is 0 Å². The van der Waals surface area contributed by atoms with E-state index in [1.54, 1.807) is 31.3 Å². The lowest BCUT2D eigenvalue weighted by molar-refractivity contribution is 0.100. The Hall–Kier alpha value is -2.62. The number of amides is 1. The van der Waals surface area contributed by atoms with Crippen molar-refractivity contribution < 1.29 is 9.18 Å². The number of aromatic nitrogens is 1. The SMILES string of the molecule is CN=C(NCCc1c[nH]c2ccc(F)cc12)NCc1ccc(C(N)=O)cc1.I. The van der Waals surface area contributed by atoms with E-state index in [0.29, 0.717) is 24.6 Å². The molecule has 28 heavy (non-hydrogen) atoms. The fourth-order valence-corrected chi connectivity index (χ4v) is 2.87. The second kappa shape index (κ2) is 10.1. The van der Waals surface area contributed by atoms with Crippen LogP contribution in [0.3, 0.4) is 0 Å². The quantitative estimate of drug-likeness (QED) is 0.241. The van der Waals surface area contributed by atoms with Crippen LogP contribution < -0.4 is 16.4 Å². The lowest BCUT2D eigenvalue weighted by Crippen LogP contribution is -2.37. The average Bonchev–Trinajstić information content (AvgIpc) is 3.07. The Bertz CT molecular complexity index is 968. The van der Waals surface area contributed by atoms with Crippen LogP contribution in [0.1, 0.15) is 21.5 Å². The van der Waals surface area contributed by atoms with Crippen molar-refractivity contribution in [2.75, 3.05) is 13.6 Å². The Morgan fingerprint density at radius 1 is 1.18 bits per heavy atom. The van der Waals surface area contributed by atoms with Gasteiger partial charge in [0.2, 0.25) is 5.91 Å². The molecule has 0 radical (unpaired) electrons. The van der Waals surface area contributed by atoms with Crippen LogP contribution in [0.5, 0.6) is 0 Å². The first-order chi connectivity index (χ1) is 13.1. The monoisotopic (exact) mass is 495 g/mol. The molecular formula is C20H23FIN5O. The molecule has 1 aromatic heterocycles. The van der Waals surface area contributed by atoms with Crippen molar-refractivity contribution in [2.45, 2.75) is 13.0 Å². The number of aromatic amines is 1. The van der Waals surface area contributed by atoms with Crippen molar-refractivity contribution in [3.05, 3.63) is 71.2 Å². The normalized spacial score (nSPS) is 11.1. The van der Waals surface area contributed by atoms with Gasteiger partial charge in [-0.05, 0) is 47.9 Å². The zero-order valence-electron chi connectivity index (χ0n) is 15.5. The molecule has 5 N–H and O–H groups in total. The Morgan fingerprint density at radius 3 is 2.61 bits per heavy atom. The number of primary amides is 1. The third-order valence-corrected chi connectivity index (χ3v) is 4.34. The van der Waals surface area contributed by atoms with E-state index in [9.17, 15) is 9.18 Å². The summed E-state index contributed by atoms with van der Waals surface area (Å²) in [5.74, 6) is -0.0136. The van der Waals surface area contributed by atoms with Crippen molar-refractivity contribution in [3.8, 4) is 0 Å². The molecule has 0 atom stereocenters. The summed E-state index contributed by atoms with van der Waals surface area (Å²) in [6.45, 7) is 1.22. The van der Waals surface area contributed by atoms with E-state index in [1.165, 1.54) is 6.07 Å². The summed E-state index contributed by atoms with van der Waals surface area (Å²) in [5, 5.41) is 7.36. The summed E-state index contributed by atoms with van der Waals surface area (Å²) in [4.78, 5) is 18.4. The number of hydrogen-bond donors (Lipinski definition) is 4. The van der Waals surface area contributed by atoms with Crippen molar-refractivity contribution in [1.82, 2.24) is 15.6 Å². The van der Waals surface area contributed by atoms with Gasteiger partial charge in [0.1, 0.15) is 5.82 Å². The molecule has 0 saturated carbocycles. The predicted octanol–water partition coefficient (Wildman–Crippen LogP) is 2.93. The summed E-state index contributed by atoms with van der Waals surface area (Å²) in [6.07, 6.45) is 2.64. The molecule has 8 heteroatoms. The van der Waals surface area contributed by atoms with Crippen LogP contribution in [-0.4, -0.2) is 30.4 Å². The number of rotatable bonds is 6. The predicted molar refractivity (Wildman–Crippen MR) is 121 cm³/mol. The van der Waals surface area contributed by atoms with E-state index in [4.69, 9.17) is 5.73 Å². The molecule has 3 aromatic rings. The Balaban J connectivity index is 0.00000280. The molecule has 1 amide bonds. The van der Waals surface area contributed by atoms with E-state index in [-0.39, 0.29) is 29.8 Å². The van der Waals surface area contributed by atoms with Gasteiger partial charge < -0.3 is 21.4 Å². The average molecular weight is 495 g/mol. The molecule has 0 unspecified atom stereocenters. The topological polar surface area (TPSA) is 95.3 Å². The Labute approximate surface area is 179 Å². The standard InChI is InChI=1S/C20H22FN5O.HI/c1-23-20(26-11-13-2-4-14(5-3-13)19(22)27)24-9-8-15-12-25-18-7-6-16(21)10-17(15)18;/h2-7,10,12,25H,8-9,11H2,1H3,(H2,22,27)(H2,23,24,26);1H. The van der Waals surface area contributed by atoms with Gasteiger partial charge in [-0.3, -0.25) is 9.79 Å². The van der Waals surface area contributed by atoms with E-state index < -0.39 is 5.91 Å². The van der Waals surface area contributed by atoms with Crippen LogP contribution in [0.15, 0.2) is 53.7 Å². The molecule has 0 saturated heterocycles. The summed E-state index contributed by atoms with van der Waals surface area (Å²) in [6, 6.07) is 11.8. The third kappa shape index (κ3) is 5.44. The van der Waals surface area contributed by atoms with Gasteiger partial charge in [0.05, 0.1) is 0 Å². The first kappa shape index (κ1) is 21.7. The second-order valence-electron chi connectivity index (χ2n) is 6.17. The number of aliphatic imine (C=N–C) groups is 1. The van der Waals surface area contributed by atoms with Gasteiger partial charge >= 0.3 is 0 Å². The summed E-state index contributed by atoms with van der Waals surface area (Å²) >= 11 is 0. The molecular weight excluding hydrogens is 472 g/mol. The maximum absolute atomic E-state index is 13.4. The van der Waals surface area contributed by atoms with E-state index in [1.807, 2.05) is 18.3 Å². The van der Waals surface area contributed by atoms with Gasteiger partial charge in [0.25, 0.3) is 0 Å². The first-order valence-electron chi connectivity index (χ1n) is 8.65. The smallest absolute Gasteiger partial charge is 0.248 e. The van der Waals surface area contributed by atoms with Crippen LogP contribution in [0.2, 0.25) is 0 Å². The summed E-state index contributed by atoms with van der Waals surface area (Å²) < 4.78 is 13.4. The second-order valence-corrected chi connectivity index (χ2v) is 6.17. The van der Waals surface area contributed by atoms with Crippen LogP contribution >= 0.6 is 24.0 Å². The van der Waals surface area contributed by atoms with Crippen LogP contribution in [0.25, 0.3) is 10.9 Å². The number of nitrogens with two attached hydrogens (primary N) is 1. The van der Waals surface area contributed by atoms with Crippen LogP contribution in [0, 0.1) is 5.82 Å². The number of guanidine groups is 1. The molecule has 0 fully saturated rings. The Kier molecular flexibility index (Phi) is 7.80. The number of nitrogens with one attached hydrogen (secondary N) is 3. The highest BCUT2D eigenvalue weighted by Crippen LogP contribution is 2.19. The minimum Gasteiger partial charge on any atom is -0.366 e. The molecule has 1 heterocycles. The maximum atomic E-state index is 13.4. The van der Waals surface area contributed by atoms with Gasteiger partial charge in [0, 0.05) is 42.8 Å². The summed E-state index contributed by atoms with van der Waals surface area (Å²) in [5.41, 5.74) is 8.71. The molecule has 0 aliphatic rings.